The van der Waals surface area contributed by atoms with Gasteiger partial charge in [0, 0.05) is 47.0 Å². The number of halogens is 1. The molecule has 4 heterocycles. The molecule has 4 aromatic heterocycles. The first-order chi connectivity index (χ1) is 14.7. The Bertz CT molecular complexity index is 1320. The number of benzene rings is 1. The second-order valence-electron chi connectivity index (χ2n) is 6.82. The third kappa shape index (κ3) is 3.31. The van der Waals surface area contributed by atoms with E-state index in [0.29, 0.717) is 16.5 Å². The van der Waals surface area contributed by atoms with Crippen LogP contribution in [-0.2, 0) is 6.61 Å². The van der Waals surface area contributed by atoms with Gasteiger partial charge >= 0.3 is 0 Å². The first-order valence-electron chi connectivity index (χ1n) is 9.38. The molecule has 0 unspecified atom stereocenters. The van der Waals surface area contributed by atoms with Gasteiger partial charge in [-0.05, 0) is 31.2 Å². The molecule has 0 spiro atoms. The third-order valence-electron chi connectivity index (χ3n) is 4.85. The Kier molecular flexibility index (Phi) is 4.69. The maximum absolute atomic E-state index is 6.44. The van der Waals surface area contributed by atoms with Gasteiger partial charge in [0.2, 0.25) is 0 Å². The van der Waals surface area contributed by atoms with Gasteiger partial charge in [-0.15, -0.1) is 0 Å². The van der Waals surface area contributed by atoms with Crippen LogP contribution in [0.4, 0.5) is 0 Å². The number of para-hydroxylation sites is 1. The van der Waals surface area contributed by atoms with Crippen LogP contribution in [0.1, 0.15) is 11.3 Å². The zero-order valence-electron chi connectivity index (χ0n) is 16.1. The smallest absolute Gasteiger partial charge is 0.146 e. The van der Waals surface area contributed by atoms with Crippen molar-refractivity contribution in [3.05, 3.63) is 90.1 Å². The van der Waals surface area contributed by atoms with Gasteiger partial charge in [-0.1, -0.05) is 23.7 Å². The van der Waals surface area contributed by atoms with Crippen LogP contribution < -0.4 is 4.74 Å². The summed E-state index contributed by atoms with van der Waals surface area (Å²) in [6, 6.07) is 11.6. The first-order valence-corrected chi connectivity index (χ1v) is 9.76. The van der Waals surface area contributed by atoms with E-state index in [4.69, 9.17) is 25.7 Å². The third-order valence-corrected chi connectivity index (χ3v) is 5.18. The molecule has 0 N–H and O–H groups in total. The van der Waals surface area contributed by atoms with Crippen LogP contribution in [0.15, 0.2) is 78.2 Å². The van der Waals surface area contributed by atoms with E-state index in [1.807, 2.05) is 54.1 Å². The van der Waals surface area contributed by atoms with Crippen molar-refractivity contribution in [3.63, 3.8) is 0 Å². The van der Waals surface area contributed by atoms with Crippen LogP contribution >= 0.6 is 11.6 Å². The van der Waals surface area contributed by atoms with Crippen molar-refractivity contribution in [1.82, 2.24) is 19.5 Å². The van der Waals surface area contributed by atoms with Crippen LogP contribution in [0.2, 0.25) is 5.02 Å². The Labute approximate surface area is 177 Å². The van der Waals surface area contributed by atoms with Crippen LogP contribution in [0.25, 0.3) is 27.9 Å². The number of rotatable bonds is 5. The van der Waals surface area contributed by atoms with Crippen LogP contribution in [-0.4, -0.2) is 19.5 Å². The zero-order valence-corrected chi connectivity index (χ0v) is 16.9. The van der Waals surface area contributed by atoms with Crippen LogP contribution in [0, 0.1) is 6.92 Å². The summed E-state index contributed by atoms with van der Waals surface area (Å²) in [6.07, 6.45) is 10.4. The first kappa shape index (κ1) is 18.4. The summed E-state index contributed by atoms with van der Waals surface area (Å²) in [6.45, 7) is 2.22. The fraction of sp³-hybridized carbons (Fsp3) is 0.0870. The summed E-state index contributed by atoms with van der Waals surface area (Å²) in [7, 11) is 0. The highest BCUT2D eigenvalue weighted by Gasteiger charge is 2.15. The lowest BCUT2D eigenvalue weighted by Gasteiger charge is -2.14. The maximum atomic E-state index is 6.44. The number of aromatic nitrogens is 4. The predicted molar refractivity (Wildman–Crippen MR) is 115 cm³/mol. The molecule has 0 atom stereocenters. The molecule has 5 rings (SSSR count). The normalized spacial score (nSPS) is 11.1. The van der Waals surface area contributed by atoms with Gasteiger partial charge in [0.05, 0.1) is 23.3 Å². The van der Waals surface area contributed by atoms with E-state index in [2.05, 4.69) is 9.97 Å². The van der Waals surface area contributed by atoms with Crippen molar-refractivity contribution >= 4 is 22.5 Å². The molecular formula is C23H17ClN4O2. The van der Waals surface area contributed by atoms with E-state index in [1.54, 1.807) is 31.2 Å². The minimum absolute atomic E-state index is 0.256. The molecule has 6 nitrogen and oxygen atoms in total. The SMILES string of the molecule is Cc1cc(-n2ccnc2)c2cccc(OCc3c(Cl)cncc3-c3ccco3)c2n1. The molecule has 148 valence electrons. The van der Waals surface area contributed by atoms with Gasteiger partial charge in [0.15, 0.2) is 0 Å². The highest BCUT2D eigenvalue weighted by atomic mass is 35.5. The maximum Gasteiger partial charge on any atom is 0.146 e. The Morgan fingerprint density at radius 1 is 1.13 bits per heavy atom. The van der Waals surface area contributed by atoms with Gasteiger partial charge in [0.1, 0.15) is 23.6 Å². The van der Waals surface area contributed by atoms with Crippen molar-refractivity contribution in [1.29, 1.82) is 0 Å². The lowest BCUT2D eigenvalue weighted by Crippen LogP contribution is -2.02. The summed E-state index contributed by atoms with van der Waals surface area (Å²) in [5.74, 6) is 1.37. The van der Waals surface area contributed by atoms with Crippen molar-refractivity contribution < 1.29 is 9.15 Å². The monoisotopic (exact) mass is 416 g/mol. The standard InChI is InChI=1S/C23H17ClN4O2/c1-15-10-20(28-8-7-25-14-28)16-4-2-5-22(23(16)27-15)30-13-18-17(11-26-12-19(18)24)21-6-3-9-29-21/h2-12,14H,13H2,1H3. The van der Waals surface area contributed by atoms with Gasteiger partial charge in [-0.3, -0.25) is 4.98 Å². The van der Waals surface area contributed by atoms with E-state index in [9.17, 15) is 0 Å². The number of hydrogen-bond acceptors (Lipinski definition) is 5. The number of fused-ring (bicyclic) bond motifs is 1. The quantitative estimate of drug-likeness (QED) is 0.372. The molecule has 5 aromatic rings. The molecule has 0 fully saturated rings. The molecule has 30 heavy (non-hydrogen) atoms. The lowest BCUT2D eigenvalue weighted by atomic mass is 10.1. The molecule has 7 heteroatoms. The number of hydrogen-bond donors (Lipinski definition) is 0. The molecule has 0 radical (unpaired) electrons. The van der Waals surface area contributed by atoms with Gasteiger partial charge in [0.25, 0.3) is 0 Å². The van der Waals surface area contributed by atoms with Crippen molar-refractivity contribution in [3.8, 4) is 22.8 Å². The number of aryl methyl sites for hydroxylation is 1. The summed E-state index contributed by atoms with van der Waals surface area (Å²) >= 11 is 6.44. The minimum Gasteiger partial charge on any atom is -0.487 e. The lowest BCUT2D eigenvalue weighted by molar-refractivity contribution is 0.309. The second kappa shape index (κ2) is 7.65. The molecule has 0 saturated heterocycles. The average Bonchev–Trinajstić information content (AvgIpc) is 3.46. The Morgan fingerprint density at radius 3 is 2.87 bits per heavy atom. The fourth-order valence-corrected chi connectivity index (χ4v) is 3.68. The molecule has 0 aliphatic rings. The van der Waals surface area contributed by atoms with Gasteiger partial charge in [-0.2, -0.15) is 0 Å². The van der Waals surface area contributed by atoms with E-state index in [1.165, 1.54) is 0 Å². The number of pyridine rings is 2. The molecule has 0 aliphatic carbocycles. The Balaban J connectivity index is 1.55. The van der Waals surface area contributed by atoms with E-state index in [0.717, 1.165) is 33.4 Å². The van der Waals surface area contributed by atoms with Crippen LogP contribution in [0.5, 0.6) is 5.75 Å². The molecule has 0 saturated carbocycles. The highest BCUT2D eigenvalue weighted by Crippen LogP contribution is 2.33. The zero-order chi connectivity index (χ0) is 20.5. The van der Waals surface area contributed by atoms with Crippen molar-refractivity contribution in [2.75, 3.05) is 0 Å². The van der Waals surface area contributed by atoms with Crippen molar-refractivity contribution in [2.45, 2.75) is 13.5 Å². The molecule has 0 amide bonds. The molecular weight excluding hydrogens is 400 g/mol. The van der Waals surface area contributed by atoms with Gasteiger partial charge < -0.3 is 13.7 Å². The molecule has 0 aliphatic heterocycles. The topological polar surface area (TPSA) is 66.0 Å². The Hall–Kier alpha value is -3.64. The minimum atomic E-state index is 0.256. The summed E-state index contributed by atoms with van der Waals surface area (Å²) in [4.78, 5) is 13.1. The van der Waals surface area contributed by atoms with E-state index >= 15 is 0 Å². The summed E-state index contributed by atoms with van der Waals surface area (Å²) in [5, 5.41) is 1.50. The van der Waals surface area contributed by atoms with Crippen LogP contribution in [0.3, 0.4) is 0 Å². The highest BCUT2D eigenvalue weighted by molar-refractivity contribution is 6.31. The second-order valence-corrected chi connectivity index (χ2v) is 7.23. The predicted octanol–water partition coefficient (Wildman–Crippen LogP) is 5.62. The van der Waals surface area contributed by atoms with E-state index in [-0.39, 0.29) is 6.61 Å². The Morgan fingerprint density at radius 2 is 2.07 bits per heavy atom. The molecule has 1 aromatic carbocycles. The van der Waals surface area contributed by atoms with E-state index < -0.39 is 0 Å². The van der Waals surface area contributed by atoms with Gasteiger partial charge in [-0.25, -0.2) is 9.97 Å². The van der Waals surface area contributed by atoms with Crippen molar-refractivity contribution in [2.24, 2.45) is 0 Å². The number of furan rings is 1. The summed E-state index contributed by atoms with van der Waals surface area (Å²) in [5.41, 5.74) is 4.28. The summed E-state index contributed by atoms with van der Waals surface area (Å²) < 4.78 is 13.7. The molecule has 0 bridgehead atoms. The fourth-order valence-electron chi connectivity index (χ4n) is 3.46. The number of nitrogens with zero attached hydrogens (tertiary/aromatic N) is 4. The average molecular weight is 417 g/mol. The number of ether oxygens (including phenoxy) is 1. The largest absolute Gasteiger partial charge is 0.487 e. The number of imidazole rings is 1.